The summed E-state index contributed by atoms with van der Waals surface area (Å²) in [7, 11) is 0. The Morgan fingerprint density at radius 1 is 1.45 bits per heavy atom. The highest BCUT2D eigenvalue weighted by atomic mass is 79.9. The number of rotatable bonds is 5. The Balaban J connectivity index is 2.23. The zero-order valence-electron chi connectivity index (χ0n) is 13.3. The van der Waals surface area contributed by atoms with Gasteiger partial charge in [-0.1, -0.05) is 20.8 Å². The average Bonchev–Trinajstić information content (AvgIpc) is 2.46. The zero-order valence-corrected chi connectivity index (χ0v) is 14.9. The summed E-state index contributed by atoms with van der Waals surface area (Å²) in [5, 5.41) is 9.25. The Morgan fingerprint density at radius 3 is 2.77 bits per heavy atom. The Hall–Kier alpha value is -0.940. The molecule has 3 nitrogen and oxygen atoms in total. The fourth-order valence-electron chi connectivity index (χ4n) is 2.42. The minimum atomic E-state index is -0.410. The third-order valence-electron chi connectivity index (χ3n) is 3.87. The van der Waals surface area contributed by atoms with Gasteiger partial charge in [-0.3, -0.25) is 4.99 Å². The van der Waals surface area contributed by atoms with Gasteiger partial charge >= 0.3 is 0 Å². The second-order valence-corrected chi connectivity index (χ2v) is 7.54. The molecular weight excluding hydrogens is 349 g/mol. The van der Waals surface area contributed by atoms with E-state index in [0.29, 0.717) is 10.4 Å². The van der Waals surface area contributed by atoms with Gasteiger partial charge in [0, 0.05) is 23.2 Å². The lowest BCUT2D eigenvalue weighted by Crippen LogP contribution is -2.25. The molecule has 5 heteroatoms. The summed E-state index contributed by atoms with van der Waals surface area (Å²) >= 11 is 3.39. The molecule has 1 unspecified atom stereocenters. The van der Waals surface area contributed by atoms with Crippen LogP contribution >= 0.6 is 15.9 Å². The smallest absolute Gasteiger partial charge is 0.169 e. The van der Waals surface area contributed by atoms with Crippen molar-refractivity contribution in [2.24, 2.45) is 16.3 Å². The molecule has 0 amide bonds. The number of aliphatic hydroxyl groups is 1. The summed E-state index contributed by atoms with van der Waals surface area (Å²) in [6, 6.07) is 3.36. The molecule has 1 atom stereocenters. The zero-order chi connectivity index (χ0) is 16.3. The van der Waals surface area contributed by atoms with E-state index in [0.717, 1.165) is 30.7 Å². The maximum Gasteiger partial charge on any atom is 0.169 e. The number of halogens is 2. The molecule has 0 radical (unpaired) electrons. The van der Waals surface area contributed by atoms with Crippen molar-refractivity contribution < 1.29 is 14.2 Å². The number of benzene rings is 1. The SMILES string of the molecule is CC1CCCN=C1c1cc(F)c(OCC(C)(C)CO)c(Br)c1. The standard InChI is InChI=1S/C17H23BrFNO2/c1-11-5-4-6-20-15(11)12-7-13(18)16(14(19)8-12)22-10-17(2,3)9-21/h7-8,11,21H,4-6,9-10H2,1-3H3. The average molecular weight is 372 g/mol. The van der Waals surface area contributed by atoms with Crippen molar-refractivity contribution in [2.75, 3.05) is 19.8 Å². The van der Waals surface area contributed by atoms with Gasteiger partial charge in [0.25, 0.3) is 0 Å². The first kappa shape index (κ1) is 17.4. The molecule has 22 heavy (non-hydrogen) atoms. The lowest BCUT2D eigenvalue weighted by Gasteiger charge is -2.23. The van der Waals surface area contributed by atoms with Crippen molar-refractivity contribution >= 4 is 21.6 Å². The molecule has 2 rings (SSSR count). The predicted molar refractivity (Wildman–Crippen MR) is 90.3 cm³/mol. The van der Waals surface area contributed by atoms with E-state index in [1.165, 1.54) is 6.07 Å². The van der Waals surface area contributed by atoms with Crippen LogP contribution in [0.3, 0.4) is 0 Å². The number of hydrogen-bond donors (Lipinski definition) is 1. The van der Waals surface area contributed by atoms with Gasteiger partial charge in [-0.2, -0.15) is 0 Å². The summed E-state index contributed by atoms with van der Waals surface area (Å²) in [4.78, 5) is 4.55. The molecule has 1 heterocycles. The van der Waals surface area contributed by atoms with Gasteiger partial charge < -0.3 is 9.84 Å². The third kappa shape index (κ3) is 4.07. The fraction of sp³-hybridized carbons (Fsp3) is 0.588. The van der Waals surface area contributed by atoms with Gasteiger partial charge in [-0.15, -0.1) is 0 Å². The lowest BCUT2D eigenvalue weighted by atomic mass is 9.91. The molecular formula is C17H23BrFNO2. The lowest BCUT2D eigenvalue weighted by molar-refractivity contribution is 0.0949. The molecule has 0 fully saturated rings. The normalized spacial score (nSPS) is 19.0. The largest absolute Gasteiger partial charge is 0.489 e. The first-order valence-electron chi connectivity index (χ1n) is 7.61. The van der Waals surface area contributed by atoms with E-state index in [1.807, 2.05) is 19.9 Å². The summed E-state index contributed by atoms with van der Waals surface area (Å²) in [5.41, 5.74) is 1.37. The van der Waals surface area contributed by atoms with Gasteiger partial charge in [-0.25, -0.2) is 4.39 Å². The van der Waals surface area contributed by atoms with E-state index in [1.54, 1.807) is 0 Å². The summed E-state index contributed by atoms with van der Waals surface area (Å²) in [6.45, 7) is 6.89. The van der Waals surface area contributed by atoms with Crippen LogP contribution in [0.5, 0.6) is 5.75 Å². The minimum absolute atomic E-state index is 0.0152. The van der Waals surface area contributed by atoms with Crippen molar-refractivity contribution in [3.05, 3.63) is 28.0 Å². The quantitative estimate of drug-likeness (QED) is 0.842. The number of aliphatic hydroxyl groups excluding tert-OH is 1. The van der Waals surface area contributed by atoms with E-state index in [-0.39, 0.29) is 19.0 Å². The van der Waals surface area contributed by atoms with Crippen LogP contribution in [0.4, 0.5) is 4.39 Å². The van der Waals surface area contributed by atoms with Crippen LogP contribution in [0.1, 0.15) is 39.2 Å². The van der Waals surface area contributed by atoms with E-state index < -0.39 is 11.2 Å². The molecule has 0 aromatic heterocycles. The summed E-state index contributed by atoms with van der Waals surface area (Å²) in [6.07, 6.45) is 2.17. The van der Waals surface area contributed by atoms with Crippen LogP contribution < -0.4 is 4.74 Å². The number of aliphatic imine (C=N–C) groups is 1. The van der Waals surface area contributed by atoms with Crippen LogP contribution in [-0.4, -0.2) is 30.6 Å². The highest BCUT2D eigenvalue weighted by Crippen LogP contribution is 2.33. The van der Waals surface area contributed by atoms with Crippen LogP contribution in [-0.2, 0) is 0 Å². The molecule has 122 valence electrons. The van der Waals surface area contributed by atoms with Gasteiger partial charge in [-0.05, 0) is 46.8 Å². The molecule has 0 spiro atoms. The topological polar surface area (TPSA) is 41.8 Å². The van der Waals surface area contributed by atoms with E-state index in [2.05, 4.69) is 27.8 Å². The Labute approximate surface area is 139 Å². The summed E-state index contributed by atoms with van der Waals surface area (Å²) in [5.74, 6) is 0.132. The van der Waals surface area contributed by atoms with Gasteiger partial charge in [0.2, 0.25) is 0 Å². The van der Waals surface area contributed by atoms with Crippen molar-refractivity contribution in [3.8, 4) is 5.75 Å². The molecule has 0 saturated carbocycles. The minimum Gasteiger partial charge on any atom is -0.489 e. The monoisotopic (exact) mass is 371 g/mol. The maximum atomic E-state index is 14.4. The molecule has 0 saturated heterocycles. The van der Waals surface area contributed by atoms with Crippen molar-refractivity contribution in [1.82, 2.24) is 0 Å². The van der Waals surface area contributed by atoms with Crippen LogP contribution in [0, 0.1) is 17.2 Å². The first-order valence-corrected chi connectivity index (χ1v) is 8.41. The van der Waals surface area contributed by atoms with Gasteiger partial charge in [0.05, 0.1) is 17.7 Å². The van der Waals surface area contributed by atoms with Crippen molar-refractivity contribution in [3.63, 3.8) is 0 Å². The second-order valence-electron chi connectivity index (χ2n) is 6.69. The van der Waals surface area contributed by atoms with E-state index in [4.69, 9.17) is 4.74 Å². The molecule has 1 N–H and O–H groups in total. The van der Waals surface area contributed by atoms with Crippen LogP contribution in [0.15, 0.2) is 21.6 Å². The van der Waals surface area contributed by atoms with Crippen LogP contribution in [0.2, 0.25) is 0 Å². The van der Waals surface area contributed by atoms with Crippen molar-refractivity contribution in [1.29, 1.82) is 0 Å². The Bertz CT molecular complexity index is 549. The Kier molecular flexibility index (Phi) is 5.61. The van der Waals surface area contributed by atoms with Gasteiger partial charge in [0.15, 0.2) is 11.6 Å². The fourth-order valence-corrected chi connectivity index (χ4v) is 2.97. The molecule has 1 aromatic rings. The highest BCUT2D eigenvalue weighted by molar-refractivity contribution is 9.10. The number of hydrogen-bond acceptors (Lipinski definition) is 3. The number of ether oxygens (including phenoxy) is 1. The van der Waals surface area contributed by atoms with Crippen molar-refractivity contribution in [2.45, 2.75) is 33.6 Å². The maximum absolute atomic E-state index is 14.4. The van der Waals surface area contributed by atoms with E-state index in [9.17, 15) is 9.50 Å². The molecule has 1 aliphatic heterocycles. The third-order valence-corrected chi connectivity index (χ3v) is 4.46. The van der Waals surface area contributed by atoms with E-state index >= 15 is 0 Å². The molecule has 1 aromatic carbocycles. The molecule has 0 aliphatic carbocycles. The molecule has 0 bridgehead atoms. The molecule has 1 aliphatic rings. The predicted octanol–water partition coefficient (Wildman–Crippen LogP) is 4.20. The van der Waals surface area contributed by atoms with Crippen LogP contribution in [0.25, 0.3) is 0 Å². The van der Waals surface area contributed by atoms with Gasteiger partial charge in [0.1, 0.15) is 0 Å². The number of nitrogens with zero attached hydrogens (tertiary/aromatic N) is 1. The second kappa shape index (κ2) is 7.09. The highest BCUT2D eigenvalue weighted by Gasteiger charge is 2.22. The summed E-state index contributed by atoms with van der Waals surface area (Å²) < 4.78 is 20.6. The Morgan fingerprint density at radius 2 is 2.18 bits per heavy atom. The first-order chi connectivity index (χ1) is 10.3.